The fourth-order valence-corrected chi connectivity index (χ4v) is 4.95. The van der Waals surface area contributed by atoms with Gasteiger partial charge in [0.15, 0.2) is 0 Å². The Bertz CT molecular complexity index is 417. The summed E-state index contributed by atoms with van der Waals surface area (Å²) in [6, 6.07) is 0. The van der Waals surface area contributed by atoms with Gasteiger partial charge in [0.1, 0.15) is 11.0 Å². The van der Waals surface area contributed by atoms with Gasteiger partial charge in [-0.1, -0.05) is 11.4 Å². The number of ketones is 1. The SMILES string of the molecule is CC(C)=O.CCOC(=O)CC(SP(=S)(OC)OC)C(=O)OCC. The maximum Gasteiger partial charge on any atom is 0.320 e. The third-order valence-corrected chi connectivity index (χ3v) is 7.78. The van der Waals surface area contributed by atoms with E-state index < -0.39 is 22.9 Å². The molecule has 0 aliphatic carbocycles. The molecule has 7 nitrogen and oxygen atoms in total. The summed E-state index contributed by atoms with van der Waals surface area (Å²) in [7, 11) is 2.81. The molecule has 0 rings (SSSR count). The van der Waals surface area contributed by atoms with Crippen LogP contribution in [0.3, 0.4) is 0 Å². The summed E-state index contributed by atoms with van der Waals surface area (Å²) >= 11 is 6.17. The van der Waals surface area contributed by atoms with Gasteiger partial charge in [-0.3, -0.25) is 9.59 Å². The molecule has 0 heterocycles. The van der Waals surface area contributed by atoms with Gasteiger partial charge in [0, 0.05) is 14.2 Å². The fourth-order valence-electron chi connectivity index (χ4n) is 1.09. The van der Waals surface area contributed by atoms with Gasteiger partial charge in [-0.05, 0) is 39.5 Å². The number of hydrogen-bond acceptors (Lipinski definition) is 9. The molecule has 0 fully saturated rings. The first-order valence-corrected chi connectivity index (χ1v) is 11.0. The monoisotopic (exact) mass is 388 g/mol. The number of rotatable bonds is 9. The minimum absolute atomic E-state index is 0.123. The summed E-state index contributed by atoms with van der Waals surface area (Å²) < 4.78 is 19.9. The number of carbonyl (C=O) groups is 3. The van der Waals surface area contributed by atoms with Crippen LogP contribution in [0.5, 0.6) is 0 Å². The summed E-state index contributed by atoms with van der Waals surface area (Å²) in [5, 5.41) is -0.787. The van der Waals surface area contributed by atoms with E-state index in [0.29, 0.717) is 0 Å². The van der Waals surface area contributed by atoms with Gasteiger partial charge in [-0.2, -0.15) is 0 Å². The minimum Gasteiger partial charge on any atom is -0.466 e. The van der Waals surface area contributed by atoms with Gasteiger partial charge in [0.2, 0.25) is 5.69 Å². The molecule has 10 heteroatoms. The molecule has 0 radical (unpaired) electrons. The Morgan fingerprint density at radius 3 is 1.83 bits per heavy atom. The van der Waals surface area contributed by atoms with Crippen molar-refractivity contribution in [1.82, 2.24) is 0 Å². The molecule has 0 N–H and O–H groups in total. The van der Waals surface area contributed by atoms with Crippen LogP contribution in [0, 0.1) is 0 Å². The van der Waals surface area contributed by atoms with Crippen molar-refractivity contribution in [2.75, 3.05) is 27.4 Å². The number of ether oxygens (including phenoxy) is 2. The second-order valence-corrected chi connectivity index (χ2v) is 10.7. The normalized spacial score (nSPS) is 11.7. The van der Waals surface area contributed by atoms with E-state index in [1.165, 1.54) is 28.1 Å². The lowest BCUT2D eigenvalue weighted by Gasteiger charge is -2.21. The quantitative estimate of drug-likeness (QED) is 0.437. The Morgan fingerprint density at radius 2 is 1.48 bits per heavy atom. The molecule has 1 unspecified atom stereocenters. The van der Waals surface area contributed by atoms with Gasteiger partial charge in [-0.25, -0.2) is 0 Å². The van der Waals surface area contributed by atoms with E-state index in [1.807, 2.05) is 0 Å². The van der Waals surface area contributed by atoms with Gasteiger partial charge in [0.05, 0.1) is 19.6 Å². The summed E-state index contributed by atoms with van der Waals surface area (Å²) in [6.45, 7) is 6.91. The molecule has 136 valence electrons. The van der Waals surface area contributed by atoms with Crippen molar-refractivity contribution >= 4 is 46.6 Å². The van der Waals surface area contributed by atoms with Gasteiger partial charge in [-0.15, -0.1) is 0 Å². The van der Waals surface area contributed by atoms with Gasteiger partial charge in [0.25, 0.3) is 0 Å². The van der Waals surface area contributed by atoms with E-state index in [0.717, 1.165) is 11.4 Å². The van der Waals surface area contributed by atoms with Crippen molar-refractivity contribution in [3.8, 4) is 0 Å². The standard InChI is InChI=1S/C10H19O6PS2.C3H6O/c1-5-15-9(11)7-8(10(12)16-6-2)19-17(18,13-3)14-4;1-3(2)4/h8H,5-7H2,1-4H3;1-2H3. The van der Waals surface area contributed by atoms with Crippen molar-refractivity contribution < 1.29 is 32.9 Å². The minimum atomic E-state index is -2.65. The summed E-state index contributed by atoms with van der Waals surface area (Å²) in [4.78, 5) is 32.7. The molecular formula is C13H25O7PS2. The molecule has 0 bridgehead atoms. The Labute approximate surface area is 146 Å². The second-order valence-electron chi connectivity index (χ2n) is 4.08. The van der Waals surface area contributed by atoms with Crippen molar-refractivity contribution in [2.45, 2.75) is 39.4 Å². The Kier molecular flexibility index (Phi) is 15.0. The number of carbonyl (C=O) groups excluding carboxylic acids is 3. The molecule has 0 aliphatic heterocycles. The van der Waals surface area contributed by atoms with Gasteiger partial charge >= 0.3 is 11.9 Å². The Hall–Kier alpha value is -0.470. The second kappa shape index (κ2) is 13.9. The Morgan fingerprint density at radius 1 is 1.04 bits per heavy atom. The molecular weight excluding hydrogens is 363 g/mol. The van der Waals surface area contributed by atoms with E-state index in [9.17, 15) is 14.4 Å². The summed E-state index contributed by atoms with van der Waals surface area (Å²) in [5.74, 6) is -0.842. The fraction of sp³-hybridized carbons (Fsp3) is 0.769. The van der Waals surface area contributed by atoms with Crippen molar-refractivity contribution in [2.24, 2.45) is 0 Å². The number of esters is 2. The van der Waals surface area contributed by atoms with Gasteiger partial charge < -0.3 is 23.3 Å². The van der Waals surface area contributed by atoms with Crippen molar-refractivity contribution in [1.29, 1.82) is 0 Å². The molecule has 0 aromatic carbocycles. The summed E-state index contributed by atoms with van der Waals surface area (Å²) in [5.41, 5.74) is -2.65. The van der Waals surface area contributed by atoms with Crippen molar-refractivity contribution in [3.05, 3.63) is 0 Å². The van der Waals surface area contributed by atoms with Crippen LogP contribution in [0.25, 0.3) is 0 Å². The van der Waals surface area contributed by atoms with Crippen LogP contribution in [0.4, 0.5) is 0 Å². The molecule has 23 heavy (non-hydrogen) atoms. The smallest absolute Gasteiger partial charge is 0.320 e. The lowest BCUT2D eigenvalue weighted by Crippen LogP contribution is -2.24. The van der Waals surface area contributed by atoms with Crippen LogP contribution < -0.4 is 0 Å². The topological polar surface area (TPSA) is 88.1 Å². The van der Waals surface area contributed by atoms with Crippen LogP contribution in [0.1, 0.15) is 34.1 Å². The van der Waals surface area contributed by atoms with E-state index in [4.69, 9.17) is 30.3 Å². The average Bonchev–Trinajstić information content (AvgIpc) is 2.46. The molecule has 0 aromatic heterocycles. The molecule has 1 atom stereocenters. The zero-order chi connectivity index (χ0) is 18.5. The zero-order valence-corrected chi connectivity index (χ0v) is 16.8. The third-order valence-electron chi connectivity index (χ3n) is 1.91. The zero-order valence-electron chi connectivity index (χ0n) is 14.3. The maximum atomic E-state index is 11.8. The molecule has 0 spiro atoms. The van der Waals surface area contributed by atoms with Crippen LogP contribution in [0.15, 0.2) is 0 Å². The van der Waals surface area contributed by atoms with E-state index in [1.54, 1.807) is 13.8 Å². The predicted octanol–water partition coefficient (Wildman–Crippen LogP) is 2.72. The molecule has 0 aromatic rings. The maximum absolute atomic E-state index is 11.8. The molecule has 0 saturated heterocycles. The lowest BCUT2D eigenvalue weighted by atomic mass is 10.3. The Balaban J connectivity index is 0. The first-order chi connectivity index (χ1) is 10.7. The summed E-state index contributed by atoms with van der Waals surface area (Å²) in [6.07, 6.45) is -0.123. The average molecular weight is 388 g/mol. The highest BCUT2D eigenvalue weighted by molar-refractivity contribution is 8.68. The largest absolute Gasteiger partial charge is 0.466 e. The third kappa shape index (κ3) is 13.6. The van der Waals surface area contributed by atoms with E-state index in [2.05, 4.69) is 0 Å². The number of Topliss-reactive ketones (excluding diaryl/α,β-unsaturated/α-hetero) is 1. The highest BCUT2D eigenvalue weighted by Gasteiger charge is 2.32. The molecule has 0 amide bonds. The van der Waals surface area contributed by atoms with Crippen LogP contribution in [-0.2, 0) is 44.7 Å². The number of hydrogen-bond donors (Lipinski definition) is 0. The molecule has 0 aliphatic rings. The van der Waals surface area contributed by atoms with Crippen molar-refractivity contribution in [3.63, 3.8) is 0 Å². The van der Waals surface area contributed by atoms with Crippen LogP contribution >= 0.6 is 17.1 Å². The van der Waals surface area contributed by atoms with E-state index in [-0.39, 0.29) is 25.4 Å². The predicted molar refractivity (Wildman–Crippen MR) is 93.9 cm³/mol. The highest BCUT2D eigenvalue weighted by Crippen LogP contribution is 2.62. The first-order valence-electron chi connectivity index (χ1n) is 6.85. The highest BCUT2D eigenvalue weighted by atomic mass is 32.9. The van der Waals surface area contributed by atoms with Crippen LogP contribution in [-0.4, -0.2) is 50.4 Å². The van der Waals surface area contributed by atoms with E-state index >= 15 is 0 Å². The lowest BCUT2D eigenvalue weighted by molar-refractivity contribution is -0.149. The first kappa shape index (κ1) is 24.8. The molecule has 0 saturated carbocycles. The van der Waals surface area contributed by atoms with Crippen LogP contribution in [0.2, 0.25) is 0 Å².